The maximum absolute atomic E-state index is 12.7. The van der Waals surface area contributed by atoms with Gasteiger partial charge in [-0.25, -0.2) is 4.90 Å². The van der Waals surface area contributed by atoms with Gasteiger partial charge >= 0.3 is 5.97 Å². The molecule has 128 valence electrons. The molecule has 0 spiro atoms. The molecule has 0 bridgehead atoms. The zero-order chi connectivity index (χ0) is 17.4. The first-order valence-electron chi connectivity index (χ1n) is 7.66. The number of piperidine rings is 1. The number of benzene rings is 1. The van der Waals surface area contributed by atoms with Crippen LogP contribution in [-0.4, -0.2) is 46.9 Å². The molecule has 1 aromatic carbocycles. The van der Waals surface area contributed by atoms with E-state index in [0.717, 1.165) is 4.90 Å². The zero-order valence-electron chi connectivity index (χ0n) is 12.7. The molecule has 2 amide bonds. The normalized spacial score (nSPS) is 23.1. The second-order valence-electron chi connectivity index (χ2n) is 6.06. The average Bonchev–Trinajstić information content (AvgIpc) is 2.81. The van der Waals surface area contributed by atoms with Crippen molar-refractivity contribution in [2.45, 2.75) is 25.3 Å². The summed E-state index contributed by atoms with van der Waals surface area (Å²) in [6.45, 7) is 0.982. The second kappa shape index (κ2) is 6.70. The van der Waals surface area contributed by atoms with E-state index in [1.54, 1.807) is 0 Å². The zero-order valence-corrected chi connectivity index (χ0v) is 14.3. The number of amides is 2. The van der Waals surface area contributed by atoms with Crippen molar-refractivity contribution >= 4 is 46.7 Å². The van der Waals surface area contributed by atoms with E-state index >= 15 is 0 Å². The maximum Gasteiger partial charge on any atom is 0.306 e. The van der Waals surface area contributed by atoms with Gasteiger partial charge in [-0.1, -0.05) is 23.2 Å². The highest BCUT2D eigenvalue weighted by molar-refractivity contribution is 6.35. The molecule has 0 radical (unpaired) electrons. The number of nitrogens with zero attached hydrogens (tertiary/aromatic N) is 2. The van der Waals surface area contributed by atoms with Gasteiger partial charge in [0.15, 0.2) is 0 Å². The highest BCUT2D eigenvalue weighted by Gasteiger charge is 2.44. The number of anilines is 1. The van der Waals surface area contributed by atoms with Crippen molar-refractivity contribution in [3.05, 3.63) is 28.2 Å². The minimum Gasteiger partial charge on any atom is -0.481 e. The fourth-order valence-corrected chi connectivity index (χ4v) is 3.81. The van der Waals surface area contributed by atoms with Crippen LogP contribution in [0.2, 0.25) is 10.0 Å². The number of carboxylic acids is 1. The molecular formula is C16H16Cl2N2O4. The minimum atomic E-state index is -0.807. The van der Waals surface area contributed by atoms with E-state index in [4.69, 9.17) is 28.3 Å². The van der Waals surface area contributed by atoms with Crippen molar-refractivity contribution in [2.75, 3.05) is 18.0 Å². The van der Waals surface area contributed by atoms with Gasteiger partial charge in [0.05, 0.1) is 24.1 Å². The lowest BCUT2D eigenvalue weighted by atomic mass is 9.96. The lowest BCUT2D eigenvalue weighted by molar-refractivity contribution is -0.143. The Morgan fingerprint density at radius 1 is 1.08 bits per heavy atom. The SMILES string of the molecule is O=C(O)C1CCN([C@H]2CC(=O)N(c3cc(Cl)cc(Cl)c3)C2=O)CC1. The number of carbonyl (C=O) groups is 3. The highest BCUT2D eigenvalue weighted by Crippen LogP contribution is 2.32. The first kappa shape index (κ1) is 17.2. The number of aliphatic carboxylic acids is 1. The van der Waals surface area contributed by atoms with Gasteiger partial charge in [-0.2, -0.15) is 0 Å². The molecule has 2 saturated heterocycles. The van der Waals surface area contributed by atoms with E-state index in [1.165, 1.54) is 18.2 Å². The lowest BCUT2D eigenvalue weighted by Gasteiger charge is -2.33. The van der Waals surface area contributed by atoms with E-state index in [1.807, 2.05) is 4.90 Å². The number of likely N-dealkylation sites (tertiary alicyclic amines) is 1. The molecule has 8 heteroatoms. The van der Waals surface area contributed by atoms with Gasteiger partial charge in [-0.15, -0.1) is 0 Å². The van der Waals surface area contributed by atoms with Gasteiger partial charge in [0.1, 0.15) is 0 Å². The van der Waals surface area contributed by atoms with Crippen molar-refractivity contribution in [3.8, 4) is 0 Å². The van der Waals surface area contributed by atoms with Gasteiger partial charge < -0.3 is 5.11 Å². The number of imide groups is 1. The Labute approximate surface area is 148 Å². The molecule has 2 aliphatic heterocycles. The molecule has 1 atom stereocenters. The summed E-state index contributed by atoms with van der Waals surface area (Å²) in [5.74, 6) is -1.80. The number of halogens is 2. The van der Waals surface area contributed by atoms with Crippen LogP contribution < -0.4 is 4.90 Å². The topological polar surface area (TPSA) is 77.9 Å². The smallest absolute Gasteiger partial charge is 0.306 e. The number of carboxylic acid groups (broad SMARTS) is 1. The van der Waals surface area contributed by atoms with Gasteiger partial charge in [0.2, 0.25) is 5.91 Å². The number of carbonyl (C=O) groups excluding carboxylic acids is 2. The van der Waals surface area contributed by atoms with Crippen LogP contribution in [-0.2, 0) is 14.4 Å². The van der Waals surface area contributed by atoms with Crippen LogP contribution in [0.3, 0.4) is 0 Å². The molecule has 1 aromatic rings. The maximum atomic E-state index is 12.7. The van der Waals surface area contributed by atoms with E-state index < -0.39 is 12.0 Å². The van der Waals surface area contributed by atoms with Crippen LogP contribution in [0.15, 0.2) is 18.2 Å². The molecule has 2 heterocycles. The third-order valence-electron chi connectivity index (χ3n) is 4.55. The third-order valence-corrected chi connectivity index (χ3v) is 4.98. The van der Waals surface area contributed by atoms with Gasteiger partial charge in [-0.3, -0.25) is 19.3 Å². The molecule has 3 rings (SSSR count). The predicted octanol–water partition coefficient (Wildman–Crippen LogP) is 2.42. The van der Waals surface area contributed by atoms with Gasteiger partial charge in [-0.05, 0) is 44.1 Å². The molecule has 1 N–H and O–H groups in total. The molecule has 0 aliphatic carbocycles. The Morgan fingerprint density at radius 3 is 2.21 bits per heavy atom. The number of hydrogen-bond donors (Lipinski definition) is 1. The van der Waals surface area contributed by atoms with Crippen LogP contribution >= 0.6 is 23.2 Å². The minimum absolute atomic E-state index is 0.0840. The third kappa shape index (κ3) is 3.27. The van der Waals surface area contributed by atoms with E-state index in [0.29, 0.717) is 41.7 Å². The summed E-state index contributed by atoms with van der Waals surface area (Å²) in [5, 5.41) is 9.76. The van der Waals surface area contributed by atoms with E-state index in [-0.39, 0.29) is 24.2 Å². The Morgan fingerprint density at radius 2 is 1.67 bits per heavy atom. The molecule has 0 saturated carbocycles. The van der Waals surface area contributed by atoms with Crippen molar-refractivity contribution in [1.29, 1.82) is 0 Å². The lowest BCUT2D eigenvalue weighted by Crippen LogP contribution is -2.46. The van der Waals surface area contributed by atoms with E-state index in [9.17, 15) is 14.4 Å². The largest absolute Gasteiger partial charge is 0.481 e. The standard InChI is InChI=1S/C16H16Cl2N2O4/c17-10-5-11(18)7-12(6-10)20-14(21)8-13(15(20)22)19-3-1-9(2-4-19)16(23)24/h5-7,9,13H,1-4,8H2,(H,23,24)/t13-/m0/s1. The molecular weight excluding hydrogens is 355 g/mol. The first-order valence-corrected chi connectivity index (χ1v) is 8.42. The summed E-state index contributed by atoms with van der Waals surface area (Å²) >= 11 is 11.9. The summed E-state index contributed by atoms with van der Waals surface area (Å²) in [6.07, 6.45) is 1.05. The molecule has 24 heavy (non-hydrogen) atoms. The molecule has 0 unspecified atom stereocenters. The summed E-state index contributed by atoms with van der Waals surface area (Å²) in [4.78, 5) is 39.1. The van der Waals surface area contributed by atoms with Crippen molar-refractivity contribution < 1.29 is 19.5 Å². The van der Waals surface area contributed by atoms with Crippen LogP contribution in [0, 0.1) is 5.92 Å². The summed E-state index contributed by atoms with van der Waals surface area (Å²) in [7, 11) is 0. The number of hydrogen-bond acceptors (Lipinski definition) is 4. The Hall–Kier alpha value is -1.63. The summed E-state index contributed by atoms with van der Waals surface area (Å²) < 4.78 is 0. The van der Waals surface area contributed by atoms with Crippen LogP contribution in [0.1, 0.15) is 19.3 Å². The Balaban J connectivity index is 1.76. The van der Waals surface area contributed by atoms with Gasteiger partial charge in [0, 0.05) is 10.0 Å². The van der Waals surface area contributed by atoms with Crippen molar-refractivity contribution in [2.24, 2.45) is 5.92 Å². The van der Waals surface area contributed by atoms with Crippen LogP contribution in [0.25, 0.3) is 0 Å². The number of rotatable bonds is 3. The van der Waals surface area contributed by atoms with E-state index in [2.05, 4.69) is 0 Å². The van der Waals surface area contributed by atoms with Gasteiger partial charge in [0.25, 0.3) is 5.91 Å². The molecule has 6 nitrogen and oxygen atoms in total. The summed E-state index contributed by atoms with van der Waals surface area (Å²) in [6, 6.07) is 4.04. The van der Waals surface area contributed by atoms with Crippen molar-refractivity contribution in [3.63, 3.8) is 0 Å². The quantitative estimate of drug-likeness (QED) is 0.826. The van der Waals surface area contributed by atoms with Crippen LogP contribution in [0.5, 0.6) is 0 Å². The second-order valence-corrected chi connectivity index (χ2v) is 6.94. The summed E-state index contributed by atoms with van der Waals surface area (Å²) in [5.41, 5.74) is 0.366. The molecule has 2 fully saturated rings. The first-order chi connectivity index (χ1) is 11.4. The molecule has 0 aromatic heterocycles. The average molecular weight is 371 g/mol. The predicted molar refractivity (Wildman–Crippen MR) is 89.3 cm³/mol. The van der Waals surface area contributed by atoms with Crippen molar-refractivity contribution in [1.82, 2.24) is 4.90 Å². The monoisotopic (exact) mass is 370 g/mol. The molecule has 2 aliphatic rings. The Kier molecular flexibility index (Phi) is 4.80. The Bertz CT molecular complexity index is 681. The fraction of sp³-hybridized carbons (Fsp3) is 0.438. The van der Waals surface area contributed by atoms with Crippen LogP contribution in [0.4, 0.5) is 5.69 Å². The highest BCUT2D eigenvalue weighted by atomic mass is 35.5. The fourth-order valence-electron chi connectivity index (χ4n) is 3.30.